The summed E-state index contributed by atoms with van der Waals surface area (Å²) in [6.45, 7) is 2.42. The van der Waals surface area contributed by atoms with E-state index < -0.39 is 0 Å². The summed E-state index contributed by atoms with van der Waals surface area (Å²) in [5, 5.41) is 4.00. The Bertz CT molecular complexity index is 808. The number of amides is 1. The van der Waals surface area contributed by atoms with E-state index in [0.717, 1.165) is 24.1 Å². The van der Waals surface area contributed by atoms with Crippen molar-refractivity contribution in [2.24, 2.45) is 5.41 Å². The SMILES string of the molecule is C[C@@]12C[C@H]3[C@@H](Cc4ccccc4)N[C@@H]1CCCC[C@@H]2N3C(=O)c1cncs1. The number of benzene rings is 1. The molecule has 1 aromatic carbocycles. The number of carbonyl (C=O) groups is 1. The second kappa shape index (κ2) is 6.71. The zero-order valence-electron chi connectivity index (χ0n) is 15.8. The van der Waals surface area contributed by atoms with Gasteiger partial charge in [0.05, 0.1) is 11.7 Å². The van der Waals surface area contributed by atoms with Crippen LogP contribution in [0.4, 0.5) is 0 Å². The van der Waals surface area contributed by atoms with Crippen LogP contribution in [0, 0.1) is 5.41 Å². The standard InChI is InChI=1S/C22H27N3OS/c1-22-12-17-16(11-15-7-3-2-4-8-15)24-19(22)9-5-6-10-20(22)25(17)21(26)18-13-23-14-27-18/h2-4,7-8,13-14,16-17,19-20,24H,5-6,9-12H2,1H3/t16-,17+,19-,20+,22-/m1/s1. The molecule has 5 rings (SSSR count). The highest BCUT2D eigenvalue weighted by Crippen LogP contribution is 2.52. The minimum absolute atomic E-state index is 0.189. The smallest absolute Gasteiger partial charge is 0.266 e. The van der Waals surface area contributed by atoms with Crippen molar-refractivity contribution in [2.45, 2.75) is 69.6 Å². The van der Waals surface area contributed by atoms with Gasteiger partial charge < -0.3 is 10.2 Å². The van der Waals surface area contributed by atoms with E-state index in [1.165, 1.54) is 36.2 Å². The predicted octanol–water partition coefficient (Wildman–Crippen LogP) is 3.89. The monoisotopic (exact) mass is 381 g/mol. The number of thiazole rings is 1. The van der Waals surface area contributed by atoms with Gasteiger partial charge in [0, 0.05) is 29.6 Å². The molecule has 2 bridgehead atoms. The van der Waals surface area contributed by atoms with Gasteiger partial charge in [-0.2, -0.15) is 0 Å². The summed E-state index contributed by atoms with van der Waals surface area (Å²) < 4.78 is 0. The highest BCUT2D eigenvalue weighted by atomic mass is 32.1. The van der Waals surface area contributed by atoms with Crippen LogP contribution >= 0.6 is 11.3 Å². The van der Waals surface area contributed by atoms with E-state index in [4.69, 9.17) is 0 Å². The Balaban J connectivity index is 1.52. The molecule has 5 atom stereocenters. The molecule has 1 saturated carbocycles. The minimum atomic E-state index is 0.189. The largest absolute Gasteiger partial charge is 0.330 e. The normalized spacial score (nSPS) is 35.1. The first-order valence-corrected chi connectivity index (χ1v) is 11.1. The fourth-order valence-corrected chi connectivity index (χ4v) is 6.44. The maximum absolute atomic E-state index is 13.5. The zero-order chi connectivity index (χ0) is 18.4. The van der Waals surface area contributed by atoms with Gasteiger partial charge in [-0.05, 0) is 31.2 Å². The van der Waals surface area contributed by atoms with Crippen molar-refractivity contribution in [1.82, 2.24) is 15.2 Å². The Hall–Kier alpha value is -1.72. The predicted molar refractivity (Wildman–Crippen MR) is 108 cm³/mol. The van der Waals surface area contributed by atoms with Gasteiger partial charge >= 0.3 is 0 Å². The third-order valence-electron chi connectivity index (χ3n) is 7.18. The van der Waals surface area contributed by atoms with Gasteiger partial charge in [-0.3, -0.25) is 9.78 Å². The number of fused-ring (bicyclic) bond motifs is 1. The lowest BCUT2D eigenvalue weighted by molar-refractivity contribution is 0.0617. The van der Waals surface area contributed by atoms with E-state index in [2.05, 4.69) is 52.5 Å². The number of carbonyl (C=O) groups excluding carboxylic acids is 1. The maximum Gasteiger partial charge on any atom is 0.266 e. The topological polar surface area (TPSA) is 45.2 Å². The highest BCUT2D eigenvalue weighted by molar-refractivity contribution is 7.11. The summed E-state index contributed by atoms with van der Waals surface area (Å²) in [5.74, 6) is 0.193. The van der Waals surface area contributed by atoms with Crippen LogP contribution in [0.15, 0.2) is 42.0 Å². The molecule has 1 N–H and O–H groups in total. The molecule has 3 aliphatic rings. The number of nitrogens with one attached hydrogen (secondary N) is 1. The number of aromatic nitrogens is 1. The van der Waals surface area contributed by atoms with Crippen molar-refractivity contribution in [3.8, 4) is 0 Å². The molecule has 27 heavy (non-hydrogen) atoms. The molecule has 142 valence electrons. The van der Waals surface area contributed by atoms with Gasteiger partial charge in [-0.15, -0.1) is 11.3 Å². The number of likely N-dealkylation sites (tertiary alicyclic amines) is 1. The van der Waals surface area contributed by atoms with Crippen LogP contribution in [0.25, 0.3) is 0 Å². The average Bonchev–Trinajstić information content (AvgIpc) is 3.26. The molecule has 2 aromatic rings. The van der Waals surface area contributed by atoms with E-state index >= 15 is 0 Å². The number of hydrogen-bond acceptors (Lipinski definition) is 4. The maximum atomic E-state index is 13.5. The fourth-order valence-electron chi connectivity index (χ4n) is 5.88. The van der Waals surface area contributed by atoms with E-state index in [0.29, 0.717) is 18.1 Å². The average molecular weight is 382 g/mol. The Morgan fingerprint density at radius 3 is 2.89 bits per heavy atom. The molecule has 1 aliphatic carbocycles. The summed E-state index contributed by atoms with van der Waals surface area (Å²) in [6, 6.07) is 12.2. The van der Waals surface area contributed by atoms with Gasteiger partial charge in [0.2, 0.25) is 0 Å². The number of piperidine rings is 1. The highest BCUT2D eigenvalue weighted by Gasteiger charge is 2.60. The summed E-state index contributed by atoms with van der Waals surface area (Å²) in [6.07, 6.45) is 8.69. The molecule has 0 spiro atoms. The molecule has 3 heterocycles. The fraction of sp³-hybridized carbons (Fsp3) is 0.545. The van der Waals surface area contributed by atoms with Crippen molar-refractivity contribution in [1.29, 1.82) is 0 Å². The molecule has 0 radical (unpaired) electrons. The lowest BCUT2D eigenvalue weighted by Crippen LogP contribution is -2.57. The molecule has 2 aliphatic heterocycles. The van der Waals surface area contributed by atoms with Gasteiger partial charge in [0.1, 0.15) is 4.88 Å². The van der Waals surface area contributed by atoms with Crippen LogP contribution in [-0.4, -0.2) is 40.0 Å². The number of rotatable bonds is 3. The third-order valence-corrected chi connectivity index (χ3v) is 7.94. The first kappa shape index (κ1) is 17.4. The second-order valence-electron chi connectivity index (χ2n) is 8.67. The second-order valence-corrected chi connectivity index (χ2v) is 9.56. The van der Waals surface area contributed by atoms with Crippen molar-refractivity contribution < 1.29 is 4.79 Å². The number of nitrogens with zero attached hydrogens (tertiary/aromatic N) is 2. The molecular formula is C22H27N3OS. The molecular weight excluding hydrogens is 354 g/mol. The molecule has 5 heteroatoms. The Kier molecular flexibility index (Phi) is 4.32. The zero-order valence-corrected chi connectivity index (χ0v) is 16.6. The van der Waals surface area contributed by atoms with Gasteiger partial charge in [0.25, 0.3) is 5.91 Å². The molecule has 3 fully saturated rings. The summed E-state index contributed by atoms with van der Waals surface area (Å²) >= 11 is 1.47. The van der Waals surface area contributed by atoms with Crippen LogP contribution in [0.1, 0.15) is 54.3 Å². The van der Waals surface area contributed by atoms with Crippen molar-refractivity contribution in [3.05, 3.63) is 52.5 Å². The van der Waals surface area contributed by atoms with E-state index in [-0.39, 0.29) is 17.4 Å². The first-order valence-electron chi connectivity index (χ1n) is 10.2. The van der Waals surface area contributed by atoms with Crippen LogP contribution in [0.3, 0.4) is 0 Å². The quantitative estimate of drug-likeness (QED) is 0.877. The Morgan fingerprint density at radius 1 is 1.30 bits per heavy atom. The van der Waals surface area contributed by atoms with E-state index in [9.17, 15) is 4.79 Å². The van der Waals surface area contributed by atoms with Crippen LogP contribution in [-0.2, 0) is 6.42 Å². The summed E-state index contributed by atoms with van der Waals surface area (Å²) in [4.78, 5) is 20.7. The van der Waals surface area contributed by atoms with Gasteiger partial charge in [-0.1, -0.05) is 50.1 Å². The van der Waals surface area contributed by atoms with Crippen LogP contribution in [0.2, 0.25) is 0 Å². The van der Waals surface area contributed by atoms with Crippen molar-refractivity contribution in [2.75, 3.05) is 0 Å². The van der Waals surface area contributed by atoms with E-state index in [1.54, 1.807) is 11.7 Å². The van der Waals surface area contributed by atoms with Gasteiger partial charge in [0.15, 0.2) is 0 Å². The Labute approximate surface area is 165 Å². The third kappa shape index (κ3) is 2.83. The minimum Gasteiger partial charge on any atom is -0.330 e. The molecule has 1 amide bonds. The van der Waals surface area contributed by atoms with Crippen molar-refractivity contribution in [3.63, 3.8) is 0 Å². The summed E-state index contributed by atoms with van der Waals surface area (Å²) in [7, 11) is 0. The van der Waals surface area contributed by atoms with Crippen molar-refractivity contribution >= 4 is 17.2 Å². The lowest BCUT2D eigenvalue weighted by atomic mass is 9.70. The molecule has 4 nitrogen and oxygen atoms in total. The van der Waals surface area contributed by atoms with Crippen LogP contribution < -0.4 is 5.32 Å². The molecule has 0 unspecified atom stereocenters. The first-order chi connectivity index (χ1) is 13.2. The molecule has 2 saturated heterocycles. The lowest BCUT2D eigenvalue weighted by Gasteiger charge is -2.43. The Morgan fingerprint density at radius 2 is 2.11 bits per heavy atom. The number of hydrogen-bond donors (Lipinski definition) is 1. The van der Waals surface area contributed by atoms with E-state index in [1.807, 2.05) is 0 Å². The van der Waals surface area contributed by atoms with Crippen LogP contribution in [0.5, 0.6) is 0 Å². The summed E-state index contributed by atoms with van der Waals surface area (Å²) in [5.41, 5.74) is 3.31. The van der Waals surface area contributed by atoms with Gasteiger partial charge in [-0.25, -0.2) is 0 Å². The molecule has 1 aromatic heterocycles.